The number of hydrogen-bond acceptors (Lipinski definition) is 9. The topological polar surface area (TPSA) is 145 Å². The van der Waals surface area contributed by atoms with Crippen molar-refractivity contribution >= 4 is 29.0 Å². The van der Waals surface area contributed by atoms with Crippen molar-refractivity contribution in [2.75, 3.05) is 17.7 Å². The molecule has 1 aromatic carbocycles. The first-order valence-electron chi connectivity index (χ1n) is 11.0. The number of carbonyl (C=O) groups excluding carboxylic acids is 2. The van der Waals surface area contributed by atoms with Crippen LogP contribution in [0.1, 0.15) is 36.2 Å². The van der Waals surface area contributed by atoms with E-state index in [0.29, 0.717) is 28.5 Å². The Hall–Kier alpha value is -4.06. The monoisotopic (exact) mass is 464 g/mol. The van der Waals surface area contributed by atoms with Gasteiger partial charge in [0.05, 0.1) is 30.2 Å². The van der Waals surface area contributed by atoms with E-state index in [2.05, 4.69) is 36.4 Å². The van der Waals surface area contributed by atoms with Gasteiger partial charge in [0.2, 0.25) is 5.91 Å². The van der Waals surface area contributed by atoms with Crippen molar-refractivity contribution in [3.63, 3.8) is 0 Å². The number of nitrogens with one attached hydrogen (secondary N) is 3. The van der Waals surface area contributed by atoms with E-state index in [1.165, 1.54) is 7.11 Å². The number of rotatable bonds is 9. The summed E-state index contributed by atoms with van der Waals surface area (Å²) in [5.74, 6) is 0.536. The normalized spacial score (nSPS) is 15.0. The number of aryl methyl sites for hydroxylation is 1. The highest BCUT2D eigenvalue weighted by Crippen LogP contribution is 2.37. The first-order valence-corrected chi connectivity index (χ1v) is 11.0. The van der Waals surface area contributed by atoms with Gasteiger partial charge in [-0.25, -0.2) is 10.5 Å². The van der Waals surface area contributed by atoms with Crippen LogP contribution in [-0.4, -0.2) is 50.0 Å². The van der Waals surface area contributed by atoms with Gasteiger partial charge < -0.3 is 15.4 Å². The number of ether oxygens (including phenoxy) is 1. The van der Waals surface area contributed by atoms with Gasteiger partial charge in [0, 0.05) is 19.0 Å². The molecule has 34 heavy (non-hydrogen) atoms. The lowest BCUT2D eigenvalue weighted by atomic mass is 10.1. The predicted molar refractivity (Wildman–Crippen MR) is 121 cm³/mol. The Labute approximate surface area is 195 Å². The number of hydrogen-bond donors (Lipinski definition) is 3. The second-order valence-corrected chi connectivity index (χ2v) is 8.26. The van der Waals surface area contributed by atoms with Gasteiger partial charge >= 0.3 is 0 Å². The summed E-state index contributed by atoms with van der Waals surface area (Å²) < 4.78 is 7.25. The molecule has 0 spiro atoms. The fourth-order valence-electron chi connectivity index (χ4n) is 3.30. The molecule has 2 amide bonds. The van der Waals surface area contributed by atoms with Crippen LogP contribution in [0, 0.1) is 5.92 Å². The van der Waals surface area contributed by atoms with E-state index in [0.717, 1.165) is 25.7 Å². The summed E-state index contributed by atoms with van der Waals surface area (Å²) in [6.45, 7) is 0. The van der Waals surface area contributed by atoms with Crippen LogP contribution in [0.15, 0.2) is 30.6 Å². The zero-order valence-electron chi connectivity index (χ0n) is 18.7. The average molecular weight is 464 g/mol. The van der Waals surface area contributed by atoms with E-state index in [1.54, 1.807) is 30.2 Å². The molecule has 3 N–H and O–H groups in total. The van der Waals surface area contributed by atoms with E-state index in [-0.39, 0.29) is 29.4 Å². The fraction of sp³-hybridized carbons (Fsp3) is 0.364. The SMILES string of the molecule is COc1c(Nc2cc(NC(=O)C3CC3)nnc2C(=O)NOC2CC2)cccc1-c1ncn(C)n1. The van der Waals surface area contributed by atoms with Crippen LogP contribution in [0.3, 0.4) is 0 Å². The lowest BCUT2D eigenvalue weighted by molar-refractivity contribution is -0.117. The highest BCUT2D eigenvalue weighted by atomic mass is 16.7. The van der Waals surface area contributed by atoms with Crippen LogP contribution in [-0.2, 0) is 16.7 Å². The summed E-state index contributed by atoms with van der Waals surface area (Å²) in [5, 5.41) is 18.4. The maximum absolute atomic E-state index is 12.8. The number of para-hydroxylation sites is 1. The van der Waals surface area contributed by atoms with Crippen molar-refractivity contribution in [2.45, 2.75) is 31.8 Å². The summed E-state index contributed by atoms with van der Waals surface area (Å²) in [5.41, 5.74) is 3.97. The molecule has 12 nitrogen and oxygen atoms in total. The standard InChI is InChI=1S/C22H24N8O4/c1-30-11-23-20(28-30)14-4-3-5-15(19(14)33-2)24-16-10-17(25-21(31)12-6-7-12)26-27-18(16)22(32)29-34-13-8-9-13/h3-5,10-13H,6-9H2,1-2H3,(H,29,32)(H2,24,25,26,31). The quantitative estimate of drug-likeness (QED) is 0.406. The van der Waals surface area contributed by atoms with Gasteiger partial charge in [0.1, 0.15) is 6.33 Å². The number of benzene rings is 1. The molecule has 12 heteroatoms. The van der Waals surface area contributed by atoms with E-state index in [1.807, 2.05) is 12.1 Å². The van der Waals surface area contributed by atoms with E-state index >= 15 is 0 Å². The largest absolute Gasteiger partial charge is 0.494 e. The van der Waals surface area contributed by atoms with Crippen molar-refractivity contribution in [1.29, 1.82) is 0 Å². The van der Waals surface area contributed by atoms with Crippen molar-refractivity contribution in [1.82, 2.24) is 30.4 Å². The second kappa shape index (κ2) is 9.06. The van der Waals surface area contributed by atoms with Gasteiger partial charge in [-0.05, 0) is 37.8 Å². The third-order valence-corrected chi connectivity index (χ3v) is 5.38. The van der Waals surface area contributed by atoms with Crippen LogP contribution < -0.4 is 20.9 Å². The van der Waals surface area contributed by atoms with Gasteiger partial charge in [-0.1, -0.05) is 6.07 Å². The molecule has 3 aromatic rings. The van der Waals surface area contributed by atoms with Gasteiger partial charge in [-0.3, -0.25) is 19.1 Å². The first-order chi connectivity index (χ1) is 16.5. The second-order valence-electron chi connectivity index (χ2n) is 8.26. The third kappa shape index (κ3) is 4.81. The van der Waals surface area contributed by atoms with E-state index < -0.39 is 5.91 Å². The van der Waals surface area contributed by atoms with E-state index in [9.17, 15) is 9.59 Å². The van der Waals surface area contributed by atoms with Crippen LogP contribution in [0.2, 0.25) is 0 Å². The Morgan fingerprint density at radius 2 is 1.94 bits per heavy atom. The summed E-state index contributed by atoms with van der Waals surface area (Å²) in [6.07, 6.45) is 5.12. The van der Waals surface area contributed by atoms with Crippen LogP contribution in [0.5, 0.6) is 5.75 Å². The molecular weight excluding hydrogens is 440 g/mol. The maximum atomic E-state index is 12.8. The molecule has 0 aliphatic heterocycles. The molecule has 2 heterocycles. The highest BCUT2D eigenvalue weighted by Gasteiger charge is 2.30. The number of hydroxylamine groups is 1. The molecule has 0 saturated heterocycles. The number of aromatic nitrogens is 5. The van der Waals surface area contributed by atoms with Crippen LogP contribution in [0.4, 0.5) is 17.2 Å². The van der Waals surface area contributed by atoms with Gasteiger partial charge in [0.25, 0.3) is 5.91 Å². The lowest BCUT2D eigenvalue weighted by Gasteiger charge is -2.16. The van der Waals surface area contributed by atoms with Crippen molar-refractivity contribution < 1.29 is 19.2 Å². The minimum atomic E-state index is -0.552. The van der Waals surface area contributed by atoms with Gasteiger partial charge in [-0.2, -0.15) is 5.10 Å². The Morgan fingerprint density at radius 3 is 2.62 bits per heavy atom. The molecular formula is C22H24N8O4. The Kier molecular flexibility index (Phi) is 5.80. The van der Waals surface area contributed by atoms with Crippen LogP contribution in [0.25, 0.3) is 11.4 Å². The number of carbonyl (C=O) groups is 2. The predicted octanol–water partition coefficient (Wildman–Crippen LogP) is 2.20. The van der Waals surface area contributed by atoms with E-state index in [4.69, 9.17) is 9.57 Å². The average Bonchev–Trinajstić information content (AvgIpc) is 3.76. The zero-order valence-corrected chi connectivity index (χ0v) is 18.7. The maximum Gasteiger partial charge on any atom is 0.297 e. The first kappa shape index (κ1) is 21.8. The van der Waals surface area contributed by atoms with Crippen molar-refractivity contribution in [3.8, 4) is 17.1 Å². The van der Waals surface area contributed by atoms with Crippen molar-refractivity contribution in [3.05, 3.63) is 36.3 Å². The third-order valence-electron chi connectivity index (χ3n) is 5.38. The lowest BCUT2D eigenvalue weighted by Crippen LogP contribution is -2.27. The smallest absolute Gasteiger partial charge is 0.297 e. The molecule has 0 radical (unpaired) electrons. The molecule has 2 aliphatic rings. The van der Waals surface area contributed by atoms with Gasteiger partial charge in [0.15, 0.2) is 23.1 Å². The van der Waals surface area contributed by atoms with Crippen LogP contribution >= 0.6 is 0 Å². The number of amides is 2. The Balaban J connectivity index is 1.47. The molecule has 2 aromatic heterocycles. The Morgan fingerprint density at radius 1 is 1.12 bits per heavy atom. The molecule has 5 rings (SSSR count). The molecule has 0 atom stereocenters. The Bertz CT molecular complexity index is 1240. The summed E-state index contributed by atoms with van der Waals surface area (Å²) in [4.78, 5) is 34.6. The highest BCUT2D eigenvalue weighted by molar-refractivity contribution is 5.99. The summed E-state index contributed by atoms with van der Waals surface area (Å²) in [6, 6.07) is 7.00. The number of anilines is 3. The summed E-state index contributed by atoms with van der Waals surface area (Å²) in [7, 11) is 3.32. The minimum absolute atomic E-state index is 0.00391. The molecule has 0 unspecified atom stereocenters. The molecule has 176 valence electrons. The molecule has 0 bridgehead atoms. The fourth-order valence-corrected chi connectivity index (χ4v) is 3.30. The molecule has 2 saturated carbocycles. The number of nitrogens with zero attached hydrogens (tertiary/aromatic N) is 5. The van der Waals surface area contributed by atoms with Crippen molar-refractivity contribution in [2.24, 2.45) is 13.0 Å². The number of methoxy groups -OCH3 is 1. The van der Waals surface area contributed by atoms with Gasteiger partial charge in [-0.15, -0.1) is 10.2 Å². The summed E-state index contributed by atoms with van der Waals surface area (Å²) >= 11 is 0. The molecule has 2 aliphatic carbocycles. The minimum Gasteiger partial charge on any atom is -0.494 e. The zero-order chi connectivity index (χ0) is 23.7. The molecule has 2 fully saturated rings.